The van der Waals surface area contributed by atoms with Gasteiger partial charge in [0.1, 0.15) is 0 Å². The SMILES string of the molecule is CC(C)NC(=O)c1nnc(Cc2cccc(Cl)c2)o1. The number of hydrogen-bond acceptors (Lipinski definition) is 4. The molecule has 1 amide bonds. The van der Waals surface area contributed by atoms with Crippen LogP contribution in [0.3, 0.4) is 0 Å². The van der Waals surface area contributed by atoms with E-state index in [9.17, 15) is 4.79 Å². The van der Waals surface area contributed by atoms with Crippen LogP contribution in [0.5, 0.6) is 0 Å². The van der Waals surface area contributed by atoms with E-state index in [1.807, 2.05) is 32.0 Å². The van der Waals surface area contributed by atoms with Gasteiger partial charge in [-0.2, -0.15) is 0 Å². The van der Waals surface area contributed by atoms with E-state index in [-0.39, 0.29) is 17.8 Å². The van der Waals surface area contributed by atoms with Gasteiger partial charge in [-0.3, -0.25) is 4.79 Å². The third kappa shape index (κ3) is 3.79. The number of nitrogens with one attached hydrogen (secondary N) is 1. The van der Waals surface area contributed by atoms with Crippen LogP contribution < -0.4 is 5.32 Å². The van der Waals surface area contributed by atoms with Crippen molar-refractivity contribution >= 4 is 17.5 Å². The number of aromatic nitrogens is 2. The number of carbonyl (C=O) groups excluding carboxylic acids is 1. The molecule has 1 heterocycles. The quantitative estimate of drug-likeness (QED) is 0.933. The maximum Gasteiger partial charge on any atom is 0.309 e. The first kappa shape index (κ1) is 13.5. The summed E-state index contributed by atoms with van der Waals surface area (Å²) in [5, 5.41) is 10.9. The molecule has 0 saturated heterocycles. The highest BCUT2D eigenvalue weighted by Crippen LogP contribution is 2.14. The van der Waals surface area contributed by atoms with E-state index < -0.39 is 0 Å². The Kier molecular flexibility index (Phi) is 4.16. The van der Waals surface area contributed by atoms with Crippen molar-refractivity contribution in [1.82, 2.24) is 15.5 Å². The number of amides is 1. The van der Waals surface area contributed by atoms with Crippen LogP contribution >= 0.6 is 11.6 Å². The van der Waals surface area contributed by atoms with Crippen molar-refractivity contribution in [3.63, 3.8) is 0 Å². The second-order valence-corrected chi connectivity index (χ2v) is 4.87. The standard InChI is InChI=1S/C13H14ClN3O2/c1-8(2)15-12(18)13-17-16-11(19-13)7-9-4-3-5-10(14)6-9/h3-6,8H,7H2,1-2H3,(H,15,18). The Bertz CT molecular complexity index is 581. The number of halogens is 1. The molecule has 0 bridgehead atoms. The van der Waals surface area contributed by atoms with Crippen LogP contribution in [0.15, 0.2) is 28.7 Å². The zero-order valence-corrected chi connectivity index (χ0v) is 11.4. The van der Waals surface area contributed by atoms with E-state index in [0.29, 0.717) is 17.3 Å². The zero-order chi connectivity index (χ0) is 13.8. The highest BCUT2D eigenvalue weighted by atomic mass is 35.5. The van der Waals surface area contributed by atoms with Crippen molar-refractivity contribution in [3.05, 3.63) is 46.6 Å². The van der Waals surface area contributed by atoms with Gasteiger partial charge in [0.25, 0.3) is 0 Å². The molecule has 2 aromatic rings. The lowest BCUT2D eigenvalue weighted by molar-refractivity contribution is 0.0906. The molecular formula is C13H14ClN3O2. The largest absolute Gasteiger partial charge is 0.417 e. The number of carbonyl (C=O) groups is 1. The summed E-state index contributed by atoms with van der Waals surface area (Å²) in [7, 11) is 0. The average Bonchev–Trinajstić information content (AvgIpc) is 2.76. The number of nitrogens with zero attached hydrogens (tertiary/aromatic N) is 2. The normalized spacial score (nSPS) is 10.7. The van der Waals surface area contributed by atoms with Crippen LogP contribution in [0, 0.1) is 0 Å². The first-order valence-corrected chi connectivity index (χ1v) is 6.30. The Balaban J connectivity index is 2.07. The smallest absolute Gasteiger partial charge is 0.309 e. The third-order valence-corrected chi connectivity index (χ3v) is 2.56. The summed E-state index contributed by atoms with van der Waals surface area (Å²) in [6.07, 6.45) is 0.447. The minimum absolute atomic E-state index is 0.0225. The monoisotopic (exact) mass is 279 g/mol. The molecule has 0 aliphatic heterocycles. The second kappa shape index (κ2) is 5.84. The summed E-state index contributed by atoms with van der Waals surface area (Å²) < 4.78 is 5.31. The van der Waals surface area contributed by atoms with Gasteiger partial charge in [0.05, 0.1) is 6.42 Å². The van der Waals surface area contributed by atoms with Crippen LogP contribution in [-0.4, -0.2) is 22.1 Å². The fourth-order valence-electron chi connectivity index (χ4n) is 1.56. The van der Waals surface area contributed by atoms with Crippen LogP contribution in [0.1, 0.15) is 36.0 Å². The first-order valence-electron chi connectivity index (χ1n) is 5.92. The van der Waals surface area contributed by atoms with Gasteiger partial charge in [0.15, 0.2) is 0 Å². The van der Waals surface area contributed by atoms with E-state index in [2.05, 4.69) is 15.5 Å². The van der Waals surface area contributed by atoms with Crippen LogP contribution in [0.4, 0.5) is 0 Å². The molecule has 1 N–H and O–H groups in total. The number of benzene rings is 1. The summed E-state index contributed by atoms with van der Waals surface area (Å²) >= 11 is 5.89. The van der Waals surface area contributed by atoms with Gasteiger partial charge < -0.3 is 9.73 Å². The number of hydrogen-bond donors (Lipinski definition) is 1. The van der Waals surface area contributed by atoms with E-state index in [1.54, 1.807) is 6.07 Å². The molecule has 6 heteroatoms. The maximum atomic E-state index is 11.6. The minimum atomic E-state index is -0.361. The molecular weight excluding hydrogens is 266 g/mol. The van der Waals surface area contributed by atoms with Crippen molar-refractivity contribution in [1.29, 1.82) is 0 Å². The molecule has 100 valence electrons. The molecule has 0 fully saturated rings. The second-order valence-electron chi connectivity index (χ2n) is 4.44. The lowest BCUT2D eigenvalue weighted by Gasteiger charge is -2.03. The van der Waals surface area contributed by atoms with Gasteiger partial charge in [0.2, 0.25) is 5.89 Å². The fraction of sp³-hybridized carbons (Fsp3) is 0.308. The Morgan fingerprint density at radius 2 is 2.21 bits per heavy atom. The molecule has 0 radical (unpaired) electrons. The van der Waals surface area contributed by atoms with Crippen LogP contribution in [0.25, 0.3) is 0 Å². The highest BCUT2D eigenvalue weighted by Gasteiger charge is 2.15. The molecule has 0 aliphatic rings. The minimum Gasteiger partial charge on any atom is -0.417 e. The molecule has 5 nitrogen and oxygen atoms in total. The molecule has 0 atom stereocenters. The van der Waals surface area contributed by atoms with Crippen molar-refractivity contribution in [2.45, 2.75) is 26.3 Å². The van der Waals surface area contributed by atoms with Crippen molar-refractivity contribution < 1.29 is 9.21 Å². The highest BCUT2D eigenvalue weighted by molar-refractivity contribution is 6.30. The van der Waals surface area contributed by atoms with Gasteiger partial charge in [-0.05, 0) is 31.5 Å². The summed E-state index contributed by atoms with van der Waals surface area (Å²) in [6, 6.07) is 7.39. The zero-order valence-electron chi connectivity index (χ0n) is 10.7. The Morgan fingerprint density at radius 1 is 1.42 bits per heavy atom. The molecule has 0 saturated carbocycles. The average molecular weight is 280 g/mol. The van der Waals surface area contributed by atoms with Gasteiger partial charge in [-0.15, -0.1) is 10.2 Å². The summed E-state index contributed by atoms with van der Waals surface area (Å²) in [6.45, 7) is 3.72. The molecule has 2 rings (SSSR count). The first-order chi connectivity index (χ1) is 9.04. The number of rotatable bonds is 4. The van der Waals surface area contributed by atoms with Crippen molar-refractivity contribution in [3.8, 4) is 0 Å². The van der Waals surface area contributed by atoms with Crippen molar-refractivity contribution in [2.75, 3.05) is 0 Å². The Morgan fingerprint density at radius 3 is 2.89 bits per heavy atom. The van der Waals surface area contributed by atoms with Crippen molar-refractivity contribution in [2.24, 2.45) is 0 Å². The summed E-state index contributed by atoms with van der Waals surface area (Å²) in [4.78, 5) is 11.6. The lowest BCUT2D eigenvalue weighted by Crippen LogP contribution is -2.30. The van der Waals surface area contributed by atoms with Crippen LogP contribution in [0.2, 0.25) is 5.02 Å². The lowest BCUT2D eigenvalue weighted by atomic mass is 10.1. The van der Waals surface area contributed by atoms with E-state index in [1.165, 1.54) is 0 Å². The van der Waals surface area contributed by atoms with E-state index in [0.717, 1.165) is 5.56 Å². The molecule has 0 unspecified atom stereocenters. The molecule has 1 aromatic carbocycles. The maximum absolute atomic E-state index is 11.6. The van der Waals surface area contributed by atoms with Gasteiger partial charge >= 0.3 is 11.8 Å². The fourth-order valence-corrected chi connectivity index (χ4v) is 1.78. The van der Waals surface area contributed by atoms with Gasteiger partial charge in [-0.25, -0.2) is 0 Å². The summed E-state index contributed by atoms with van der Waals surface area (Å²) in [5.41, 5.74) is 0.951. The predicted octanol–water partition coefficient (Wildman–Crippen LogP) is 2.45. The predicted molar refractivity (Wildman–Crippen MR) is 71.2 cm³/mol. The Labute approximate surface area is 116 Å². The third-order valence-electron chi connectivity index (χ3n) is 2.33. The topological polar surface area (TPSA) is 68.0 Å². The van der Waals surface area contributed by atoms with E-state index >= 15 is 0 Å². The van der Waals surface area contributed by atoms with Gasteiger partial charge in [-0.1, -0.05) is 23.7 Å². The van der Waals surface area contributed by atoms with Gasteiger partial charge in [0, 0.05) is 11.1 Å². The summed E-state index contributed by atoms with van der Waals surface area (Å²) in [5.74, 6) is 0.00162. The molecule has 0 spiro atoms. The Hall–Kier alpha value is -1.88. The van der Waals surface area contributed by atoms with Crippen LogP contribution in [-0.2, 0) is 6.42 Å². The molecule has 1 aromatic heterocycles. The van der Waals surface area contributed by atoms with E-state index in [4.69, 9.17) is 16.0 Å². The molecule has 19 heavy (non-hydrogen) atoms. The molecule has 0 aliphatic carbocycles.